The summed E-state index contributed by atoms with van der Waals surface area (Å²) >= 11 is 0. The number of methoxy groups -OCH3 is 1. The second-order valence-electron chi connectivity index (χ2n) is 3.78. The first-order valence-corrected chi connectivity index (χ1v) is 6.26. The average molecular weight is 283 g/mol. The zero-order valence-corrected chi connectivity index (χ0v) is 10.5. The lowest BCUT2D eigenvalue weighted by atomic mass is 10.3. The van der Waals surface area contributed by atoms with E-state index in [4.69, 9.17) is 10.5 Å². The van der Waals surface area contributed by atoms with Crippen molar-refractivity contribution in [3.8, 4) is 5.75 Å². The lowest BCUT2D eigenvalue weighted by Gasteiger charge is -2.27. The topological polar surface area (TPSA) is 69.4 Å². The number of sulfone groups is 1. The SMILES string of the molecule is COc1ccc(S(=O)(=O)[C@@](C)(N)C(F)(F)F)cc1. The van der Waals surface area contributed by atoms with E-state index in [0.29, 0.717) is 12.7 Å². The maximum Gasteiger partial charge on any atom is 0.420 e. The van der Waals surface area contributed by atoms with Gasteiger partial charge in [0.05, 0.1) is 12.0 Å². The molecule has 0 aromatic heterocycles. The molecule has 1 aromatic rings. The Morgan fingerprint density at radius 2 is 1.61 bits per heavy atom. The van der Waals surface area contributed by atoms with Gasteiger partial charge in [-0.15, -0.1) is 0 Å². The van der Waals surface area contributed by atoms with Crippen LogP contribution in [0.4, 0.5) is 13.2 Å². The van der Waals surface area contributed by atoms with Gasteiger partial charge in [-0.2, -0.15) is 13.2 Å². The smallest absolute Gasteiger partial charge is 0.420 e. The van der Waals surface area contributed by atoms with Crippen LogP contribution in [-0.4, -0.2) is 26.6 Å². The first kappa shape index (κ1) is 14.8. The van der Waals surface area contributed by atoms with E-state index in [2.05, 4.69) is 0 Å². The zero-order chi connectivity index (χ0) is 14.2. The molecule has 8 heteroatoms. The molecule has 0 aliphatic heterocycles. The third-order valence-electron chi connectivity index (χ3n) is 2.49. The molecule has 1 rings (SSSR count). The molecule has 0 aliphatic rings. The van der Waals surface area contributed by atoms with Crippen molar-refractivity contribution in [3.05, 3.63) is 24.3 Å². The molecular formula is C10H12F3NO3S. The molecule has 0 bridgehead atoms. The second-order valence-corrected chi connectivity index (χ2v) is 6.11. The maximum absolute atomic E-state index is 12.6. The van der Waals surface area contributed by atoms with E-state index in [9.17, 15) is 21.6 Å². The number of nitrogens with two attached hydrogens (primary N) is 1. The Balaban J connectivity index is 3.29. The summed E-state index contributed by atoms with van der Waals surface area (Å²) in [5, 5.41) is 0. The first-order chi connectivity index (χ1) is 8.04. The molecule has 2 N–H and O–H groups in total. The monoisotopic (exact) mass is 283 g/mol. The average Bonchev–Trinajstić information content (AvgIpc) is 2.27. The Morgan fingerprint density at radius 3 is 1.94 bits per heavy atom. The Bertz CT molecular complexity index is 520. The van der Waals surface area contributed by atoms with Crippen molar-refractivity contribution in [3.63, 3.8) is 0 Å². The molecule has 0 heterocycles. The van der Waals surface area contributed by atoms with Crippen LogP contribution in [0.15, 0.2) is 29.2 Å². The fraction of sp³-hybridized carbons (Fsp3) is 0.400. The molecule has 102 valence electrons. The summed E-state index contributed by atoms with van der Waals surface area (Å²) in [6.07, 6.45) is -5.06. The molecule has 0 saturated heterocycles. The van der Waals surface area contributed by atoms with Gasteiger partial charge in [-0.05, 0) is 31.2 Å². The van der Waals surface area contributed by atoms with Crippen LogP contribution in [0.25, 0.3) is 0 Å². The van der Waals surface area contributed by atoms with Crippen molar-refractivity contribution in [1.29, 1.82) is 0 Å². The van der Waals surface area contributed by atoms with Crippen molar-refractivity contribution in [2.75, 3.05) is 7.11 Å². The van der Waals surface area contributed by atoms with Gasteiger partial charge in [0.25, 0.3) is 0 Å². The Morgan fingerprint density at radius 1 is 1.17 bits per heavy atom. The number of alkyl halides is 3. The van der Waals surface area contributed by atoms with Crippen molar-refractivity contribution in [1.82, 2.24) is 0 Å². The normalized spacial score (nSPS) is 16.1. The zero-order valence-electron chi connectivity index (χ0n) is 9.65. The molecule has 4 nitrogen and oxygen atoms in total. The fourth-order valence-electron chi connectivity index (χ4n) is 1.15. The van der Waals surface area contributed by atoms with E-state index in [-0.39, 0.29) is 0 Å². The molecule has 0 radical (unpaired) electrons. The van der Waals surface area contributed by atoms with E-state index in [1.807, 2.05) is 0 Å². The predicted octanol–water partition coefficient (Wildman–Crippen LogP) is 1.71. The Labute approximate surface area is 102 Å². The van der Waals surface area contributed by atoms with Crippen molar-refractivity contribution in [2.45, 2.75) is 22.9 Å². The van der Waals surface area contributed by atoms with Crippen LogP contribution in [0.5, 0.6) is 5.75 Å². The lowest BCUT2D eigenvalue weighted by molar-refractivity contribution is -0.156. The van der Waals surface area contributed by atoms with Gasteiger partial charge in [0, 0.05) is 0 Å². The van der Waals surface area contributed by atoms with Gasteiger partial charge in [-0.1, -0.05) is 0 Å². The first-order valence-electron chi connectivity index (χ1n) is 4.78. The summed E-state index contributed by atoms with van der Waals surface area (Å²) in [6, 6.07) is 4.54. The molecule has 0 aliphatic carbocycles. The molecule has 0 unspecified atom stereocenters. The van der Waals surface area contributed by atoms with Crippen LogP contribution in [0.2, 0.25) is 0 Å². The number of rotatable bonds is 3. The maximum atomic E-state index is 12.6. The van der Waals surface area contributed by atoms with Crippen LogP contribution in [0.1, 0.15) is 6.92 Å². The largest absolute Gasteiger partial charge is 0.497 e. The van der Waals surface area contributed by atoms with E-state index >= 15 is 0 Å². The van der Waals surface area contributed by atoms with Gasteiger partial charge in [0.1, 0.15) is 5.75 Å². The highest BCUT2D eigenvalue weighted by Gasteiger charge is 2.58. The lowest BCUT2D eigenvalue weighted by Crippen LogP contribution is -2.56. The summed E-state index contributed by atoms with van der Waals surface area (Å²) in [5.41, 5.74) is 4.93. The van der Waals surface area contributed by atoms with Crippen molar-refractivity contribution in [2.24, 2.45) is 5.73 Å². The summed E-state index contributed by atoms with van der Waals surface area (Å²) < 4.78 is 66.3. The van der Waals surface area contributed by atoms with E-state index in [1.54, 1.807) is 0 Å². The summed E-state index contributed by atoms with van der Waals surface area (Å²) in [4.78, 5) is -3.85. The second kappa shape index (κ2) is 4.43. The predicted molar refractivity (Wildman–Crippen MR) is 58.8 cm³/mol. The standard InChI is InChI=1S/C10H12F3NO3S/c1-9(14,10(11,12)13)18(15,16)8-5-3-7(17-2)4-6-8/h3-6H,14H2,1-2H3/t9-/m1/s1. The minimum atomic E-state index is -5.06. The number of hydrogen-bond acceptors (Lipinski definition) is 4. The molecule has 0 amide bonds. The van der Waals surface area contributed by atoms with Gasteiger partial charge in [0.15, 0.2) is 0 Å². The van der Waals surface area contributed by atoms with Crippen LogP contribution in [-0.2, 0) is 9.84 Å². The van der Waals surface area contributed by atoms with E-state index in [0.717, 1.165) is 12.1 Å². The molecule has 1 aromatic carbocycles. The van der Waals surface area contributed by atoms with Crippen molar-refractivity contribution < 1.29 is 26.3 Å². The number of halogens is 3. The fourth-order valence-corrected chi connectivity index (χ4v) is 2.44. The summed E-state index contributed by atoms with van der Waals surface area (Å²) in [5.74, 6) is 0.333. The van der Waals surface area contributed by atoms with Gasteiger partial charge in [-0.3, -0.25) is 0 Å². The van der Waals surface area contributed by atoms with Crippen LogP contribution in [0, 0.1) is 0 Å². The molecule has 0 saturated carbocycles. The van der Waals surface area contributed by atoms with Gasteiger partial charge in [-0.25, -0.2) is 8.42 Å². The quantitative estimate of drug-likeness (QED) is 0.916. The molecular weight excluding hydrogens is 271 g/mol. The number of hydrogen-bond donors (Lipinski definition) is 1. The van der Waals surface area contributed by atoms with Gasteiger partial charge >= 0.3 is 6.18 Å². The third kappa shape index (κ3) is 2.30. The van der Waals surface area contributed by atoms with E-state index < -0.39 is 25.8 Å². The highest BCUT2D eigenvalue weighted by molar-refractivity contribution is 7.92. The minimum absolute atomic E-state index is 0.333. The Hall–Kier alpha value is -1.28. The Kier molecular flexibility index (Phi) is 3.64. The summed E-state index contributed by atoms with van der Waals surface area (Å²) in [6.45, 7) is 0.423. The van der Waals surface area contributed by atoms with E-state index in [1.165, 1.54) is 19.2 Å². The molecule has 18 heavy (non-hydrogen) atoms. The van der Waals surface area contributed by atoms with Crippen LogP contribution >= 0.6 is 0 Å². The van der Waals surface area contributed by atoms with Gasteiger partial charge in [0.2, 0.25) is 14.7 Å². The minimum Gasteiger partial charge on any atom is -0.497 e. The molecule has 0 spiro atoms. The summed E-state index contributed by atoms with van der Waals surface area (Å²) in [7, 11) is -3.37. The molecule has 1 atom stereocenters. The third-order valence-corrected chi connectivity index (χ3v) is 4.73. The highest BCUT2D eigenvalue weighted by atomic mass is 32.2. The van der Waals surface area contributed by atoms with Gasteiger partial charge < -0.3 is 10.5 Å². The van der Waals surface area contributed by atoms with Crippen LogP contribution < -0.4 is 10.5 Å². The molecule has 0 fully saturated rings. The van der Waals surface area contributed by atoms with Crippen LogP contribution in [0.3, 0.4) is 0 Å². The number of benzene rings is 1. The highest BCUT2D eigenvalue weighted by Crippen LogP contribution is 2.36. The van der Waals surface area contributed by atoms with Crippen molar-refractivity contribution >= 4 is 9.84 Å². The number of ether oxygens (including phenoxy) is 1.